The second-order valence-electron chi connectivity index (χ2n) is 4.38. The fraction of sp³-hybridized carbons (Fsp3) is 0.312. The van der Waals surface area contributed by atoms with E-state index in [9.17, 15) is 0 Å². The number of rotatable bonds is 7. The standard InChI is InChI=1S/C16H20N2O2/c1-3-19-15-6-8-16(9-7-15)20-12-14-5-4-13(10-17-2)11-18-14/h4-9,11,17H,3,10,12H2,1-2H3. The van der Waals surface area contributed by atoms with E-state index in [2.05, 4.69) is 16.4 Å². The molecule has 0 aliphatic carbocycles. The third kappa shape index (κ3) is 4.24. The molecule has 0 radical (unpaired) electrons. The number of benzene rings is 1. The minimum Gasteiger partial charge on any atom is -0.494 e. The van der Waals surface area contributed by atoms with Crippen molar-refractivity contribution < 1.29 is 9.47 Å². The Hall–Kier alpha value is -2.07. The first-order valence-electron chi connectivity index (χ1n) is 6.76. The molecule has 0 saturated heterocycles. The Labute approximate surface area is 119 Å². The fourth-order valence-corrected chi connectivity index (χ4v) is 1.81. The van der Waals surface area contributed by atoms with Crippen LogP contribution in [0.3, 0.4) is 0 Å². The van der Waals surface area contributed by atoms with Crippen molar-refractivity contribution in [3.63, 3.8) is 0 Å². The molecular formula is C16H20N2O2. The summed E-state index contributed by atoms with van der Waals surface area (Å²) in [4.78, 5) is 4.37. The van der Waals surface area contributed by atoms with Gasteiger partial charge < -0.3 is 14.8 Å². The Morgan fingerprint density at radius 2 is 1.70 bits per heavy atom. The first-order chi connectivity index (χ1) is 9.81. The number of hydrogen-bond acceptors (Lipinski definition) is 4. The van der Waals surface area contributed by atoms with E-state index >= 15 is 0 Å². The maximum atomic E-state index is 5.69. The lowest BCUT2D eigenvalue weighted by molar-refractivity contribution is 0.299. The van der Waals surface area contributed by atoms with E-state index in [1.165, 1.54) is 0 Å². The van der Waals surface area contributed by atoms with Crippen LogP contribution < -0.4 is 14.8 Å². The van der Waals surface area contributed by atoms with Gasteiger partial charge in [0.2, 0.25) is 0 Å². The topological polar surface area (TPSA) is 43.4 Å². The molecule has 1 N–H and O–H groups in total. The minimum absolute atomic E-state index is 0.466. The van der Waals surface area contributed by atoms with E-state index in [1.54, 1.807) is 0 Å². The molecule has 2 rings (SSSR count). The van der Waals surface area contributed by atoms with E-state index < -0.39 is 0 Å². The number of aromatic nitrogens is 1. The molecule has 2 aromatic rings. The second kappa shape index (κ2) is 7.50. The molecule has 20 heavy (non-hydrogen) atoms. The molecule has 1 aromatic heterocycles. The number of pyridine rings is 1. The van der Waals surface area contributed by atoms with E-state index in [-0.39, 0.29) is 0 Å². The van der Waals surface area contributed by atoms with Crippen molar-refractivity contribution in [1.82, 2.24) is 10.3 Å². The molecule has 4 nitrogen and oxygen atoms in total. The minimum atomic E-state index is 0.466. The second-order valence-corrected chi connectivity index (χ2v) is 4.38. The predicted octanol–water partition coefficient (Wildman–Crippen LogP) is 2.78. The summed E-state index contributed by atoms with van der Waals surface area (Å²) < 4.78 is 11.1. The van der Waals surface area contributed by atoms with Crippen LogP contribution in [-0.2, 0) is 13.2 Å². The third-order valence-electron chi connectivity index (χ3n) is 2.79. The van der Waals surface area contributed by atoms with Crippen molar-refractivity contribution in [2.24, 2.45) is 0 Å². The van der Waals surface area contributed by atoms with Gasteiger partial charge in [-0.25, -0.2) is 0 Å². The molecule has 0 saturated carbocycles. The zero-order valence-electron chi connectivity index (χ0n) is 11.9. The summed E-state index contributed by atoms with van der Waals surface area (Å²) >= 11 is 0. The number of hydrogen-bond donors (Lipinski definition) is 1. The lowest BCUT2D eigenvalue weighted by Crippen LogP contribution is -2.06. The summed E-state index contributed by atoms with van der Waals surface area (Å²) in [7, 11) is 1.92. The van der Waals surface area contributed by atoms with Gasteiger partial charge in [0, 0.05) is 12.7 Å². The summed E-state index contributed by atoms with van der Waals surface area (Å²) in [5.41, 5.74) is 2.08. The van der Waals surface area contributed by atoms with Crippen LogP contribution in [0.15, 0.2) is 42.6 Å². The summed E-state index contributed by atoms with van der Waals surface area (Å²) in [6.45, 7) is 3.93. The van der Waals surface area contributed by atoms with Crippen LogP contribution in [0.2, 0.25) is 0 Å². The molecular weight excluding hydrogens is 252 g/mol. The molecule has 0 spiro atoms. The number of nitrogens with one attached hydrogen (secondary N) is 1. The van der Waals surface area contributed by atoms with Crippen LogP contribution >= 0.6 is 0 Å². The summed E-state index contributed by atoms with van der Waals surface area (Å²) in [6, 6.07) is 11.7. The molecule has 0 amide bonds. The van der Waals surface area contributed by atoms with Gasteiger partial charge in [0.25, 0.3) is 0 Å². The van der Waals surface area contributed by atoms with Gasteiger partial charge in [-0.15, -0.1) is 0 Å². The molecule has 0 fully saturated rings. The van der Waals surface area contributed by atoms with Gasteiger partial charge in [-0.1, -0.05) is 6.07 Å². The molecule has 0 atom stereocenters. The smallest absolute Gasteiger partial charge is 0.130 e. The SMILES string of the molecule is CCOc1ccc(OCc2ccc(CNC)cn2)cc1. The summed E-state index contributed by atoms with van der Waals surface area (Å²) in [5, 5.41) is 3.09. The number of nitrogens with zero attached hydrogens (tertiary/aromatic N) is 1. The Bertz CT molecular complexity index is 460. The highest BCUT2D eigenvalue weighted by molar-refractivity contribution is 5.31. The van der Waals surface area contributed by atoms with E-state index in [4.69, 9.17) is 9.47 Å². The highest BCUT2D eigenvalue weighted by Gasteiger charge is 1.99. The first-order valence-corrected chi connectivity index (χ1v) is 6.76. The molecule has 0 unspecified atom stereocenters. The molecule has 106 valence electrons. The van der Waals surface area contributed by atoms with E-state index in [1.807, 2.05) is 50.5 Å². The van der Waals surface area contributed by atoms with Gasteiger partial charge in [-0.2, -0.15) is 0 Å². The maximum absolute atomic E-state index is 5.69. The molecule has 1 heterocycles. The molecule has 0 aliphatic heterocycles. The normalized spacial score (nSPS) is 10.3. The van der Waals surface area contributed by atoms with Crippen molar-refractivity contribution in [2.75, 3.05) is 13.7 Å². The lowest BCUT2D eigenvalue weighted by atomic mass is 10.2. The lowest BCUT2D eigenvalue weighted by Gasteiger charge is -2.08. The zero-order chi connectivity index (χ0) is 14.2. The van der Waals surface area contributed by atoms with Crippen molar-refractivity contribution in [3.8, 4) is 11.5 Å². The Morgan fingerprint density at radius 1 is 1.00 bits per heavy atom. The van der Waals surface area contributed by atoms with E-state index in [0.717, 1.165) is 29.3 Å². The van der Waals surface area contributed by atoms with Crippen LogP contribution in [0.1, 0.15) is 18.2 Å². The molecule has 1 aromatic carbocycles. The third-order valence-corrected chi connectivity index (χ3v) is 2.79. The van der Waals surface area contributed by atoms with Gasteiger partial charge in [-0.05, 0) is 49.9 Å². The van der Waals surface area contributed by atoms with Crippen LogP contribution in [0.25, 0.3) is 0 Å². The van der Waals surface area contributed by atoms with Crippen molar-refractivity contribution in [3.05, 3.63) is 53.9 Å². The van der Waals surface area contributed by atoms with Crippen LogP contribution in [0, 0.1) is 0 Å². The molecule has 0 aliphatic rings. The average molecular weight is 272 g/mol. The number of ether oxygens (including phenoxy) is 2. The summed E-state index contributed by atoms with van der Waals surface area (Å²) in [5.74, 6) is 1.67. The molecule has 4 heteroatoms. The Morgan fingerprint density at radius 3 is 2.25 bits per heavy atom. The maximum Gasteiger partial charge on any atom is 0.130 e. The van der Waals surface area contributed by atoms with Gasteiger partial charge >= 0.3 is 0 Å². The van der Waals surface area contributed by atoms with Gasteiger partial charge in [0.15, 0.2) is 0 Å². The van der Waals surface area contributed by atoms with Crippen LogP contribution in [-0.4, -0.2) is 18.6 Å². The highest BCUT2D eigenvalue weighted by Crippen LogP contribution is 2.18. The predicted molar refractivity (Wildman–Crippen MR) is 78.9 cm³/mol. The van der Waals surface area contributed by atoms with Gasteiger partial charge in [-0.3, -0.25) is 4.98 Å². The summed E-state index contributed by atoms with van der Waals surface area (Å²) in [6.07, 6.45) is 1.87. The Balaban J connectivity index is 1.87. The highest BCUT2D eigenvalue weighted by atomic mass is 16.5. The Kier molecular flexibility index (Phi) is 5.38. The monoisotopic (exact) mass is 272 g/mol. The fourth-order valence-electron chi connectivity index (χ4n) is 1.81. The van der Waals surface area contributed by atoms with Crippen LogP contribution in [0.4, 0.5) is 0 Å². The largest absolute Gasteiger partial charge is 0.494 e. The van der Waals surface area contributed by atoms with Gasteiger partial charge in [0.05, 0.1) is 12.3 Å². The molecule has 0 bridgehead atoms. The van der Waals surface area contributed by atoms with Crippen molar-refractivity contribution in [2.45, 2.75) is 20.1 Å². The van der Waals surface area contributed by atoms with Crippen molar-refractivity contribution in [1.29, 1.82) is 0 Å². The quantitative estimate of drug-likeness (QED) is 0.841. The van der Waals surface area contributed by atoms with Crippen LogP contribution in [0.5, 0.6) is 11.5 Å². The van der Waals surface area contributed by atoms with Gasteiger partial charge in [0.1, 0.15) is 18.1 Å². The first kappa shape index (κ1) is 14.3. The average Bonchev–Trinajstić information content (AvgIpc) is 2.49. The zero-order valence-corrected chi connectivity index (χ0v) is 11.9. The van der Waals surface area contributed by atoms with E-state index in [0.29, 0.717) is 13.2 Å². The van der Waals surface area contributed by atoms with Crippen molar-refractivity contribution >= 4 is 0 Å².